The molecule has 1 aromatic rings. The van der Waals surface area contributed by atoms with Crippen molar-refractivity contribution in [1.82, 2.24) is 4.90 Å². The number of benzene rings is 1. The molecule has 1 aromatic carbocycles. The lowest BCUT2D eigenvalue weighted by atomic mass is 10.1. The second kappa shape index (κ2) is 4.03. The van der Waals surface area contributed by atoms with E-state index in [4.69, 9.17) is 0 Å². The first-order valence-corrected chi connectivity index (χ1v) is 5.21. The molecule has 80 valence electrons. The first kappa shape index (κ1) is 10.2. The summed E-state index contributed by atoms with van der Waals surface area (Å²) in [4.78, 5) is 13.3. The number of hydrogen-bond donors (Lipinski definition) is 1. The van der Waals surface area contributed by atoms with Crippen molar-refractivity contribution in [3.63, 3.8) is 0 Å². The normalized spacial score (nSPS) is 23.2. The van der Waals surface area contributed by atoms with Crippen LogP contribution in [0.4, 0.5) is 0 Å². The molecule has 1 aliphatic rings. The summed E-state index contributed by atoms with van der Waals surface area (Å²) in [7, 11) is 0. The van der Waals surface area contributed by atoms with Crippen molar-refractivity contribution >= 4 is 5.91 Å². The number of rotatable bonds is 2. The Balaban J connectivity index is 2.15. The molecular weight excluding hydrogens is 190 g/mol. The highest BCUT2D eigenvalue weighted by Crippen LogP contribution is 2.25. The van der Waals surface area contributed by atoms with Crippen LogP contribution in [0.2, 0.25) is 0 Å². The first-order chi connectivity index (χ1) is 7.18. The molecule has 0 bridgehead atoms. The number of amides is 1. The lowest BCUT2D eigenvalue weighted by molar-refractivity contribution is -0.129. The molecule has 0 unspecified atom stereocenters. The molecule has 1 amide bonds. The first-order valence-electron chi connectivity index (χ1n) is 5.21. The van der Waals surface area contributed by atoms with Crippen molar-refractivity contribution in [3.05, 3.63) is 35.9 Å². The van der Waals surface area contributed by atoms with E-state index in [0.29, 0.717) is 6.54 Å². The average Bonchev–Trinajstić information content (AvgIpc) is 2.58. The highest BCUT2D eigenvalue weighted by atomic mass is 16.3. The van der Waals surface area contributed by atoms with Crippen LogP contribution in [-0.4, -0.2) is 28.6 Å². The Bertz CT molecular complexity index is 350. The molecule has 3 heteroatoms. The predicted molar refractivity (Wildman–Crippen MR) is 57.2 cm³/mol. The summed E-state index contributed by atoms with van der Waals surface area (Å²) in [6.07, 6.45) is -0.236. The Kier molecular flexibility index (Phi) is 2.73. The molecule has 2 rings (SSSR count). The number of β-amino-alcohol motifs (C(OH)–C–C–N with tert-alkyl or cyclic N) is 1. The number of aliphatic hydroxyl groups excluding tert-OH is 1. The SMILES string of the molecule is C[C@@H](c1ccccc1)N1C[C@H](O)CC1=O. The summed E-state index contributed by atoms with van der Waals surface area (Å²) in [6, 6.07) is 9.93. The highest BCUT2D eigenvalue weighted by Gasteiger charge is 2.31. The summed E-state index contributed by atoms with van der Waals surface area (Å²) >= 11 is 0. The van der Waals surface area contributed by atoms with E-state index in [9.17, 15) is 9.90 Å². The summed E-state index contributed by atoms with van der Waals surface area (Å²) in [5.41, 5.74) is 1.11. The Hall–Kier alpha value is -1.35. The van der Waals surface area contributed by atoms with Gasteiger partial charge in [0.15, 0.2) is 0 Å². The lowest BCUT2D eigenvalue weighted by Crippen LogP contribution is -2.29. The van der Waals surface area contributed by atoms with Crippen LogP contribution in [0, 0.1) is 0 Å². The minimum Gasteiger partial charge on any atom is -0.391 e. The summed E-state index contributed by atoms with van der Waals surface area (Å²) < 4.78 is 0. The molecule has 0 spiro atoms. The largest absolute Gasteiger partial charge is 0.391 e. The average molecular weight is 205 g/mol. The van der Waals surface area contributed by atoms with Gasteiger partial charge in [0.1, 0.15) is 0 Å². The maximum Gasteiger partial charge on any atom is 0.225 e. The highest BCUT2D eigenvalue weighted by molar-refractivity contribution is 5.79. The third-order valence-corrected chi connectivity index (χ3v) is 2.89. The Morgan fingerprint density at radius 1 is 1.40 bits per heavy atom. The number of nitrogens with zero attached hydrogens (tertiary/aromatic N) is 1. The van der Waals surface area contributed by atoms with E-state index >= 15 is 0 Å². The summed E-state index contributed by atoms with van der Waals surface area (Å²) in [5, 5.41) is 9.40. The molecule has 1 saturated heterocycles. The fourth-order valence-electron chi connectivity index (χ4n) is 2.00. The number of carbonyl (C=O) groups is 1. The molecular formula is C12H15NO2. The van der Waals surface area contributed by atoms with Crippen molar-refractivity contribution in [2.75, 3.05) is 6.54 Å². The molecule has 0 aromatic heterocycles. The third-order valence-electron chi connectivity index (χ3n) is 2.89. The molecule has 0 aliphatic carbocycles. The van der Waals surface area contributed by atoms with Crippen LogP contribution in [0.1, 0.15) is 24.9 Å². The zero-order chi connectivity index (χ0) is 10.8. The van der Waals surface area contributed by atoms with Crippen LogP contribution in [0.3, 0.4) is 0 Å². The fraction of sp³-hybridized carbons (Fsp3) is 0.417. The maximum absolute atomic E-state index is 11.6. The zero-order valence-corrected chi connectivity index (χ0v) is 8.76. The van der Waals surface area contributed by atoms with Crippen molar-refractivity contribution in [2.24, 2.45) is 0 Å². The molecule has 1 N–H and O–H groups in total. The second-order valence-corrected chi connectivity index (χ2v) is 3.99. The lowest BCUT2D eigenvalue weighted by Gasteiger charge is -2.24. The van der Waals surface area contributed by atoms with Gasteiger partial charge in [0, 0.05) is 6.54 Å². The number of carbonyl (C=O) groups excluding carboxylic acids is 1. The van der Waals surface area contributed by atoms with Gasteiger partial charge in [-0.2, -0.15) is 0 Å². The summed E-state index contributed by atoms with van der Waals surface area (Å²) in [6.45, 7) is 2.44. The van der Waals surface area contributed by atoms with Crippen LogP contribution < -0.4 is 0 Å². The van der Waals surface area contributed by atoms with Crippen LogP contribution in [0.25, 0.3) is 0 Å². The van der Waals surface area contributed by atoms with Gasteiger partial charge in [0.2, 0.25) is 5.91 Å². The monoisotopic (exact) mass is 205 g/mol. The molecule has 3 nitrogen and oxygen atoms in total. The van der Waals surface area contributed by atoms with Crippen LogP contribution in [-0.2, 0) is 4.79 Å². The van der Waals surface area contributed by atoms with E-state index in [-0.39, 0.29) is 18.4 Å². The quantitative estimate of drug-likeness (QED) is 0.791. The molecule has 1 fully saturated rings. The predicted octanol–water partition coefficient (Wildman–Crippen LogP) is 1.34. The van der Waals surface area contributed by atoms with Crippen molar-refractivity contribution in [2.45, 2.75) is 25.5 Å². The van der Waals surface area contributed by atoms with E-state index in [1.54, 1.807) is 4.90 Å². The van der Waals surface area contributed by atoms with Gasteiger partial charge >= 0.3 is 0 Å². The van der Waals surface area contributed by atoms with E-state index in [0.717, 1.165) is 5.56 Å². The molecule has 0 saturated carbocycles. The number of hydrogen-bond acceptors (Lipinski definition) is 2. The molecule has 15 heavy (non-hydrogen) atoms. The number of likely N-dealkylation sites (tertiary alicyclic amines) is 1. The van der Waals surface area contributed by atoms with E-state index in [1.165, 1.54) is 0 Å². The van der Waals surface area contributed by atoms with Gasteiger partial charge in [-0.1, -0.05) is 30.3 Å². The van der Waals surface area contributed by atoms with E-state index < -0.39 is 6.10 Å². The smallest absolute Gasteiger partial charge is 0.225 e. The zero-order valence-electron chi connectivity index (χ0n) is 8.76. The Labute approximate surface area is 89.3 Å². The van der Waals surface area contributed by atoms with E-state index in [1.807, 2.05) is 37.3 Å². The van der Waals surface area contributed by atoms with Gasteiger partial charge < -0.3 is 10.0 Å². The third kappa shape index (κ3) is 2.02. The molecule has 1 heterocycles. The van der Waals surface area contributed by atoms with Crippen LogP contribution >= 0.6 is 0 Å². The fourth-order valence-corrected chi connectivity index (χ4v) is 2.00. The van der Waals surface area contributed by atoms with Gasteiger partial charge in [-0.3, -0.25) is 4.79 Å². The summed E-state index contributed by atoms with van der Waals surface area (Å²) in [5.74, 6) is 0.0406. The van der Waals surface area contributed by atoms with Crippen LogP contribution in [0.15, 0.2) is 30.3 Å². The minimum absolute atomic E-state index is 0.0406. The van der Waals surface area contributed by atoms with Gasteiger partial charge in [-0.05, 0) is 12.5 Å². The van der Waals surface area contributed by atoms with E-state index in [2.05, 4.69) is 0 Å². The second-order valence-electron chi connectivity index (χ2n) is 3.99. The molecule has 2 atom stereocenters. The van der Waals surface area contributed by atoms with Crippen LogP contribution in [0.5, 0.6) is 0 Å². The van der Waals surface area contributed by atoms with Crippen molar-refractivity contribution in [1.29, 1.82) is 0 Å². The van der Waals surface area contributed by atoms with Gasteiger partial charge in [0.25, 0.3) is 0 Å². The van der Waals surface area contributed by atoms with Gasteiger partial charge in [0.05, 0.1) is 18.6 Å². The molecule has 0 radical (unpaired) electrons. The Morgan fingerprint density at radius 3 is 2.60 bits per heavy atom. The Morgan fingerprint density at radius 2 is 2.07 bits per heavy atom. The minimum atomic E-state index is -0.497. The van der Waals surface area contributed by atoms with Gasteiger partial charge in [-0.15, -0.1) is 0 Å². The van der Waals surface area contributed by atoms with Crippen molar-refractivity contribution in [3.8, 4) is 0 Å². The molecule has 1 aliphatic heterocycles. The van der Waals surface area contributed by atoms with Gasteiger partial charge in [-0.25, -0.2) is 0 Å². The maximum atomic E-state index is 11.6. The standard InChI is InChI=1S/C12H15NO2/c1-9(10-5-3-2-4-6-10)13-8-11(14)7-12(13)15/h2-6,9,11,14H,7-8H2,1H3/t9-,11+/m0/s1. The van der Waals surface area contributed by atoms with Crippen molar-refractivity contribution < 1.29 is 9.90 Å². The number of aliphatic hydroxyl groups is 1. The topological polar surface area (TPSA) is 40.5 Å².